The third-order valence-corrected chi connectivity index (χ3v) is 7.17. The number of benzene rings is 3. The Morgan fingerprint density at radius 2 is 1.66 bits per heavy atom. The summed E-state index contributed by atoms with van der Waals surface area (Å²) in [7, 11) is 0. The molecule has 2 N–H and O–H groups in total. The van der Waals surface area contributed by atoms with Crippen LogP contribution in [0.25, 0.3) is 33.6 Å². The van der Waals surface area contributed by atoms with Gasteiger partial charge in [-0.1, -0.05) is 84.7 Å². The molecule has 0 amide bonds. The van der Waals surface area contributed by atoms with Crippen LogP contribution in [0.2, 0.25) is 5.15 Å². The van der Waals surface area contributed by atoms with E-state index in [0.29, 0.717) is 35.7 Å². The highest BCUT2D eigenvalue weighted by Gasteiger charge is 2.22. The monoisotopic (exact) mass is 570 g/mol. The predicted molar refractivity (Wildman–Crippen MR) is 155 cm³/mol. The molecule has 0 atom stereocenters. The number of carboxylic acid groups (broad SMARTS) is 1. The molecule has 2 heterocycles. The van der Waals surface area contributed by atoms with Gasteiger partial charge in [-0.25, -0.2) is 14.6 Å². The van der Waals surface area contributed by atoms with E-state index in [1.54, 1.807) is 16.7 Å². The van der Waals surface area contributed by atoms with Gasteiger partial charge in [0, 0.05) is 24.1 Å². The Morgan fingerprint density at radius 1 is 0.976 bits per heavy atom. The Labute approximate surface area is 240 Å². The minimum atomic E-state index is -1.12. The second kappa shape index (κ2) is 11.8. The standard InChI is InChI=1S/C31H27ClN4O5/c1-3-4-5-26-33-28(32)27(30(38)39)36(26)17-19-6-8-22(9-7-19)25-16-23(21-12-10-20(11-13-21)18(2)37)14-15-24(25)29-34-31(40)41-35-29/h6-16H,3-5,17H2,1-2H3,(H,38,39)(H,34,35,40). The predicted octanol–water partition coefficient (Wildman–Crippen LogP) is 6.51. The molecule has 0 unspecified atom stereocenters. The maximum atomic E-state index is 11.9. The number of carboxylic acids is 1. The van der Waals surface area contributed by atoms with Crippen LogP contribution in [-0.2, 0) is 13.0 Å². The topological polar surface area (TPSA) is 131 Å². The lowest BCUT2D eigenvalue weighted by Crippen LogP contribution is -2.13. The van der Waals surface area contributed by atoms with Gasteiger partial charge in [-0.3, -0.25) is 14.3 Å². The maximum absolute atomic E-state index is 11.9. The zero-order valence-electron chi connectivity index (χ0n) is 22.5. The number of hydrogen-bond acceptors (Lipinski definition) is 6. The number of Topliss-reactive ketones (excluding diaryl/α,β-unsaturated/α-hetero) is 1. The van der Waals surface area contributed by atoms with Crippen molar-refractivity contribution in [3.05, 3.63) is 105 Å². The van der Waals surface area contributed by atoms with Crippen LogP contribution in [0, 0.1) is 0 Å². The van der Waals surface area contributed by atoms with Gasteiger partial charge in [0.25, 0.3) is 0 Å². The summed E-state index contributed by atoms with van der Waals surface area (Å²) in [4.78, 5) is 42.3. The summed E-state index contributed by atoms with van der Waals surface area (Å²) >= 11 is 6.19. The van der Waals surface area contributed by atoms with Crippen molar-refractivity contribution in [3.63, 3.8) is 0 Å². The molecule has 9 nitrogen and oxygen atoms in total. The van der Waals surface area contributed by atoms with Crippen molar-refractivity contribution in [2.45, 2.75) is 39.7 Å². The smallest absolute Gasteiger partial charge is 0.439 e. The first kappa shape index (κ1) is 27.8. The molecule has 0 fully saturated rings. The molecule has 2 aromatic heterocycles. The zero-order chi connectivity index (χ0) is 29.1. The van der Waals surface area contributed by atoms with Crippen LogP contribution in [0.1, 0.15) is 58.9 Å². The van der Waals surface area contributed by atoms with E-state index >= 15 is 0 Å². The molecule has 0 bridgehead atoms. The number of ketones is 1. The van der Waals surface area contributed by atoms with Crippen LogP contribution in [0.5, 0.6) is 0 Å². The summed E-state index contributed by atoms with van der Waals surface area (Å²) in [6, 6.07) is 20.8. The number of carbonyl (C=O) groups is 2. The van der Waals surface area contributed by atoms with Gasteiger partial charge in [0.15, 0.2) is 22.5 Å². The first-order valence-electron chi connectivity index (χ1n) is 13.1. The summed E-state index contributed by atoms with van der Waals surface area (Å²) in [5.41, 5.74) is 5.63. The largest absolute Gasteiger partial charge is 0.476 e. The zero-order valence-corrected chi connectivity index (χ0v) is 23.2. The van der Waals surface area contributed by atoms with Crippen LogP contribution in [0.4, 0.5) is 0 Å². The second-order valence-corrected chi connectivity index (χ2v) is 10.1. The highest BCUT2D eigenvalue weighted by atomic mass is 35.5. The van der Waals surface area contributed by atoms with E-state index in [9.17, 15) is 19.5 Å². The van der Waals surface area contributed by atoms with E-state index in [0.717, 1.165) is 40.7 Å². The number of unbranched alkanes of at least 4 members (excludes halogenated alkanes) is 1. The summed E-state index contributed by atoms with van der Waals surface area (Å²) in [6.45, 7) is 3.89. The molecule has 41 heavy (non-hydrogen) atoms. The average Bonchev–Trinajstić information content (AvgIpc) is 3.54. The fourth-order valence-electron chi connectivity index (χ4n) is 4.75. The first-order chi connectivity index (χ1) is 19.7. The minimum absolute atomic E-state index is 0.00594. The molecule has 10 heteroatoms. The number of aryl methyl sites for hydroxylation is 1. The number of halogens is 1. The molecule has 3 aromatic carbocycles. The number of carbonyl (C=O) groups excluding carboxylic acids is 1. The van der Waals surface area contributed by atoms with Gasteiger partial charge in [0.2, 0.25) is 0 Å². The Balaban J connectivity index is 1.53. The molecule has 0 saturated carbocycles. The van der Waals surface area contributed by atoms with Gasteiger partial charge in [-0.05, 0) is 53.3 Å². The van der Waals surface area contributed by atoms with Gasteiger partial charge >= 0.3 is 11.7 Å². The van der Waals surface area contributed by atoms with Crippen LogP contribution < -0.4 is 5.76 Å². The van der Waals surface area contributed by atoms with E-state index < -0.39 is 11.7 Å². The van der Waals surface area contributed by atoms with E-state index in [2.05, 4.69) is 22.0 Å². The summed E-state index contributed by atoms with van der Waals surface area (Å²) < 4.78 is 6.42. The molecule has 0 spiro atoms. The number of aromatic amines is 1. The molecular formula is C31H27ClN4O5. The van der Waals surface area contributed by atoms with Gasteiger partial charge in [-0.15, -0.1) is 0 Å². The number of nitrogens with zero attached hydrogens (tertiary/aromatic N) is 3. The van der Waals surface area contributed by atoms with Crippen LogP contribution in [0.3, 0.4) is 0 Å². The molecule has 5 rings (SSSR count). The number of hydrogen-bond donors (Lipinski definition) is 2. The fraction of sp³-hybridized carbons (Fsp3) is 0.194. The third-order valence-electron chi connectivity index (χ3n) is 6.91. The molecule has 5 aromatic rings. The molecule has 0 aliphatic heterocycles. The number of aromatic nitrogens is 4. The number of rotatable bonds is 10. The van der Waals surface area contributed by atoms with Crippen molar-refractivity contribution in [1.82, 2.24) is 19.7 Å². The molecule has 0 saturated heterocycles. The Morgan fingerprint density at radius 3 is 2.27 bits per heavy atom. The normalized spacial score (nSPS) is 11.1. The lowest BCUT2D eigenvalue weighted by Gasteiger charge is -2.13. The Bertz CT molecular complexity index is 1780. The Hall–Kier alpha value is -4.76. The second-order valence-electron chi connectivity index (χ2n) is 9.70. The number of H-pyrrole nitrogens is 1. The number of imidazole rings is 1. The van der Waals surface area contributed by atoms with Gasteiger partial charge in [-0.2, -0.15) is 0 Å². The van der Waals surface area contributed by atoms with Crippen LogP contribution in [0.15, 0.2) is 76.0 Å². The van der Waals surface area contributed by atoms with Crippen LogP contribution >= 0.6 is 11.6 Å². The summed E-state index contributed by atoms with van der Waals surface area (Å²) in [5.74, 6) is -0.849. The lowest BCUT2D eigenvalue weighted by molar-refractivity contribution is 0.0685. The molecule has 208 valence electrons. The SMILES string of the molecule is CCCCc1nc(Cl)c(C(=O)O)n1Cc1ccc(-c2cc(-c3ccc(C(C)=O)cc3)ccc2-c2noc(=O)[nH]2)cc1. The fourth-order valence-corrected chi connectivity index (χ4v) is 5.03. The van der Waals surface area contributed by atoms with Crippen molar-refractivity contribution < 1.29 is 19.2 Å². The van der Waals surface area contributed by atoms with E-state index in [-0.39, 0.29) is 16.6 Å². The third kappa shape index (κ3) is 5.90. The highest BCUT2D eigenvalue weighted by Crippen LogP contribution is 2.35. The van der Waals surface area contributed by atoms with Crippen LogP contribution in [-0.4, -0.2) is 36.6 Å². The lowest BCUT2D eigenvalue weighted by atomic mass is 9.93. The highest BCUT2D eigenvalue weighted by molar-refractivity contribution is 6.32. The molecule has 0 aliphatic rings. The van der Waals surface area contributed by atoms with Crippen molar-refractivity contribution >= 4 is 23.4 Å². The summed E-state index contributed by atoms with van der Waals surface area (Å²) in [6.07, 6.45) is 2.44. The quantitative estimate of drug-likeness (QED) is 0.183. The molecule has 0 radical (unpaired) electrons. The number of nitrogens with one attached hydrogen (secondary N) is 1. The van der Waals surface area contributed by atoms with Gasteiger partial charge in [0.05, 0.1) is 0 Å². The molecule has 0 aliphatic carbocycles. The first-order valence-corrected chi connectivity index (χ1v) is 13.5. The Kier molecular flexibility index (Phi) is 7.98. The van der Waals surface area contributed by atoms with Crippen molar-refractivity contribution in [2.24, 2.45) is 0 Å². The maximum Gasteiger partial charge on any atom is 0.439 e. The van der Waals surface area contributed by atoms with Crippen molar-refractivity contribution in [2.75, 3.05) is 0 Å². The molecular weight excluding hydrogens is 544 g/mol. The van der Waals surface area contributed by atoms with Gasteiger partial charge in [0.1, 0.15) is 5.82 Å². The summed E-state index contributed by atoms with van der Waals surface area (Å²) in [5, 5.41) is 13.6. The van der Waals surface area contributed by atoms with E-state index in [1.165, 1.54) is 6.92 Å². The van der Waals surface area contributed by atoms with E-state index in [4.69, 9.17) is 16.1 Å². The number of aromatic carboxylic acids is 1. The van der Waals surface area contributed by atoms with Crippen molar-refractivity contribution in [1.29, 1.82) is 0 Å². The average molecular weight is 571 g/mol. The minimum Gasteiger partial charge on any atom is -0.476 e. The van der Waals surface area contributed by atoms with Crippen molar-refractivity contribution in [3.8, 4) is 33.6 Å². The van der Waals surface area contributed by atoms with E-state index in [1.807, 2.05) is 54.6 Å². The van der Waals surface area contributed by atoms with Gasteiger partial charge < -0.3 is 9.67 Å².